The zero-order valence-corrected chi connectivity index (χ0v) is 11.1. The minimum atomic E-state index is 0.0522. The molecule has 0 bridgehead atoms. The van der Waals surface area contributed by atoms with Gasteiger partial charge in [-0.2, -0.15) is 0 Å². The van der Waals surface area contributed by atoms with E-state index in [2.05, 4.69) is 37.1 Å². The maximum atomic E-state index is 6.11. The highest BCUT2D eigenvalue weighted by Crippen LogP contribution is 2.40. The first-order chi connectivity index (χ1) is 8.05. The topological polar surface area (TPSA) is 50.9 Å². The van der Waals surface area contributed by atoms with Crippen molar-refractivity contribution in [3.63, 3.8) is 0 Å². The van der Waals surface area contributed by atoms with E-state index in [1.54, 1.807) is 6.20 Å². The zero-order chi connectivity index (χ0) is 12.5. The number of nitrogens with two attached hydrogens (primary N) is 1. The van der Waals surface area contributed by atoms with Crippen molar-refractivity contribution in [1.82, 2.24) is 10.3 Å². The SMILES string of the molecule is Cc1ccnc(N)c1C1(CC(C)C)CCCN1. The number of nitrogen functional groups attached to an aromatic ring is 1. The number of nitrogens with one attached hydrogen (secondary N) is 1. The van der Waals surface area contributed by atoms with Crippen LogP contribution in [0.4, 0.5) is 5.82 Å². The van der Waals surface area contributed by atoms with Gasteiger partial charge >= 0.3 is 0 Å². The summed E-state index contributed by atoms with van der Waals surface area (Å²) in [5, 5.41) is 3.68. The van der Waals surface area contributed by atoms with Crippen LogP contribution in [0.15, 0.2) is 12.3 Å². The van der Waals surface area contributed by atoms with E-state index in [4.69, 9.17) is 5.73 Å². The van der Waals surface area contributed by atoms with Crippen LogP contribution in [-0.4, -0.2) is 11.5 Å². The van der Waals surface area contributed by atoms with Crippen LogP contribution in [0, 0.1) is 12.8 Å². The first kappa shape index (κ1) is 12.4. The smallest absolute Gasteiger partial charge is 0.128 e. The van der Waals surface area contributed by atoms with Gasteiger partial charge in [-0.15, -0.1) is 0 Å². The minimum absolute atomic E-state index is 0.0522. The van der Waals surface area contributed by atoms with Crippen LogP contribution < -0.4 is 11.1 Å². The minimum Gasteiger partial charge on any atom is -0.383 e. The van der Waals surface area contributed by atoms with Gasteiger partial charge in [0.05, 0.1) is 0 Å². The van der Waals surface area contributed by atoms with Gasteiger partial charge in [-0.25, -0.2) is 4.98 Å². The van der Waals surface area contributed by atoms with Crippen molar-refractivity contribution in [1.29, 1.82) is 0 Å². The first-order valence-electron chi connectivity index (χ1n) is 6.52. The molecular formula is C14H23N3. The average molecular weight is 233 g/mol. The van der Waals surface area contributed by atoms with E-state index >= 15 is 0 Å². The highest BCUT2D eigenvalue weighted by atomic mass is 15.0. The van der Waals surface area contributed by atoms with E-state index in [0.717, 1.165) is 13.0 Å². The first-order valence-corrected chi connectivity index (χ1v) is 6.52. The summed E-state index contributed by atoms with van der Waals surface area (Å²) in [5.74, 6) is 1.35. The molecule has 94 valence electrons. The summed E-state index contributed by atoms with van der Waals surface area (Å²) < 4.78 is 0. The zero-order valence-electron chi connectivity index (χ0n) is 11.1. The Hall–Kier alpha value is -1.09. The quantitative estimate of drug-likeness (QED) is 0.843. The molecule has 0 aliphatic carbocycles. The van der Waals surface area contributed by atoms with E-state index in [1.807, 2.05) is 0 Å². The van der Waals surface area contributed by atoms with Gasteiger partial charge in [0.25, 0.3) is 0 Å². The van der Waals surface area contributed by atoms with Gasteiger partial charge in [0, 0.05) is 17.3 Å². The molecule has 3 nitrogen and oxygen atoms in total. The molecule has 1 saturated heterocycles. The number of anilines is 1. The molecule has 0 saturated carbocycles. The summed E-state index contributed by atoms with van der Waals surface area (Å²) in [5.41, 5.74) is 8.65. The summed E-state index contributed by atoms with van der Waals surface area (Å²) >= 11 is 0. The number of hydrogen-bond donors (Lipinski definition) is 2. The third kappa shape index (κ3) is 2.29. The summed E-state index contributed by atoms with van der Waals surface area (Å²) in [6.07, 6.45) is 5.32. The Balaban J connectivity index is 2.45. The van der Waals surface area contributed by atoms with Crippen LogP contribution in [0.5, 0.6) is 0 Å². The molecule has 0 spiro atoms. The van der Waals surface area contributed by atoms with E-state index in [1.165, 1.54) is 24.0 Å². The molecule has 2 heterocycles. The Labute approximate surface area is 104 Å². The number of nitrogens with zero attached hydrogens (tertiary/aromatic N) is 1. The van der Waals surface area contributed by atoms with Crippen LogP contribution in [-0.2, 0) is 5.54 Å². The number of hydrogen-bond acceptors (Lipinski definition) is 3. The second kappa shape index (κ2) is 4.65. The molecule has 0 radical (unpaired) electrons. The molecule has 17 heavy (non-hydrogen) atoms. The lowest BCUT2D eigenvalue weighted by Crippen LogP contribution is -2.39. The largest absolute Gasteiger partial charge is 0.383 e. The fourth-order valence-electron chi connectivity index (χ4n) is 3.19. The lowest BCUT2D eigenvalue weighted by atomic mass is 9.79. The number of rotatable bonds is 3. The van der Waals surface area contributed by atoms with Crippen molar-refractivity contribution in [2.75, 3.05) is 12.3 Å². The van der Waals surface area contributed by atoms with Crippen molar-refractivity contribution < 1.29 is 0 Å². The van der Waals surface area contributed by atoms with E-state index in [0.29, 0.717) is 11.7 Å². The second-order valence-electron chi connectivity index (χ2n) is 5.60. The molecule has 3 heteroatoms. The normalized spacial score (nSPS) is 24.5. The summed E-state index contributed by atoms with van der Waals surface area (Å²) in [7, 11) is 0. The Kier molecular flexibility index (Phi) is 3.38. The lowest BCUT2D eigenvalue weighted by molar-refractivity contribution is 0.310. The average Bonchev–Trinajstić information content (AvgIpc) is 2.65. The van der Waals surface area contributed by atoms with Gasteiger partial charge in [-0.05, 0) is 50.3 Å². The molecule has 3 N–H and O–H groups in total. The molecule has 0 aromatic carbocycles. The molecule has 1 atom stereocenters. The fourth-order valence-corrected chi connectivity index (χ4v) is 3.19. The Morgan fingerprint density at radius 2 is 2.29 bits per heavy atom. The standard InChI is InChI=1S/C14H23N3/c1-10(2)9-14(6-4-7-17-14)12-11(3)5-8-16-13(12)15/h5,8,10,17H,4,6-7,9H2,1-3H3,(H2,15,16). The maximum absolute atomic E-state index is 6.11. The molecule has 1 aromatic rings. The van der Waals surface area contributed by atoms with Gasteiger partial charge < -0.3 is 11.1 Å². The highest BCUT2D eigenvalue weighted by molar-refractivity contribution is 5.49. The maximum Gasteiger partial charge on any atom is 0.128 e. The van der Waals surface area contributed by atoms with Gasteiger partial charge in [0.1, 0.15) is 5.82 Å². The molecular weight excluding hydrogens is 210 g/mol. The Bertz CT molecular complexity index is 372. The summed E-state index contributed by atoms with van der Waals surface area (Å²) in [6, 6.07) is 2.06. The van der Waals surface area contributed by atoms with Gasteiger partial charge in [-0.3, -0.25) is 0 Å². The monoisotopic (exact) mass is 233 g/mol. The highest BCUT2D eigenvalue weighted by Gasteiger charge is 2.38. The lowest BCUT2D eigenvalue weighted by Gasteiger charge is -2.34. The van der Waals surface area contributed by atoms with Crippen molar-refractivity contribution in [2.24, 2.45) is 5.92 Å². The van der Waals surface area contributed by atoms with E-state index in [-0.39, 0.29) is 5.54 Å². The summed E-state index contributed by atoms with van der Waals surface area (Å²) in [4.78, 5) is 4.27. The molecule has 1 fully saturated rings. The van der Waals surface area contributed by atoms with Gasteiger partial charge in [0.15, 0.2) is 0 Å². The van der Waals surface area contributed by atoms with Crippen LogP contribution in [0.25, 0.3) is 0 Å². The van der Waals surface area contributed by atoms with Crippen molar-refractivity contribution >= 4 is 5.82 Å². The van der Waals surface area contributed by atoms with Crippen LogP contribution in [0.1, 0.15) is 44.2 Å². The summed E-state index contributed by atoms with van der Waals surface area (Å²) in [6.45, 7) is 7.75. The third-order valence-corrected chi connectivity index (χ3v) is 3.67. The van der Waals surface area contributed by atoms with Crippen LogP contribution >= 0.6 is 0 Å². The van der Waals surface area contributed by atoms with E-state index < -0.39 is 0 Å². The van der Waals surface area contributed by atoms with Crippen molar-refractivity contribution in [2.45, 2.75) is 45.6 Å². The number of pyridine rings is 1. The molecule has 1 aliphatic heterocycles. The van der Waals surface area contributed by atoms with Crippen LogP contribution in [0.3, 0.4) is 0 Å². The second-order valence-corrected chi connectivity index (χ2v) is 5.60. The fraction of sp³-hybridized carbons (Fsp3) is 0.643. The van der Waals surface area contributed by atoms with Crippen molar-refractivity contribution in [3.05, 3.63) is 23.4 Å². The predicted molar refractivity (Wildman–Crippen MR) is 71.8 cm³/mol. The molecule has 0 amide bonds. The number of aromatic nitrogens is 1. The number of aryl methyl sites for hydroxylation is 1. The third-order valence-electron chi connectivity index (χ3n) is 3.67. The predicted octanol–water partition coefficient (Wildman–Crippen LogP) is 2.60. The van der Waals surface area contributed by atoms with Gasteiger partial charge in [0.2, 0.25) is 0 Å². The molecule has 1 unspecified atom stereocenters. The van der Waals surface area contributed by atoms with Crippen LogP contribution in [0.2, 0.25) is 0 Å². The molecule has 1 aromatic heterocycles. The van der Waals surface area contributed by atoms with Gasteiger partial charge in [-0.1, -0.05) is 13.8 Å². The van der Waals surface area contributed by atoms with Crippen molar-refractivity contribution in [3.8, 4) is 0 Å². The Morgan fingerprint density at radius 3 is 2.82 bits per heavy atom. The Morgan fingerprint density at radius 1 is 1.53 bits per heavy atom. The van der Waals surface area contributed by atoms with E-state index in [9.17, 15) is 0 Å². The molecule has 1 aliphatic rings. The molecule has 2 rings (SSSR count).